The van der Waals surface area contributed by atoms with Crippen molar-refractivity contribution in [3.8, 4) is 0 Å². The first kappa shape index (κ1) is 25.1. The lowest BCUT2D eigenvalue weighted by Crippen LogP contribution is -2.36. The van der Waals surface area contributed by atoms with E-state index in [1.165, 1.54) is 0 Å². The molecule has 2 aliphatic carbocycles. The summed E-state index contributed by atoms with van der Waals surface area (Å²) >= 11 is 0. The third-order valence-electron chi connectivity index (χ3n) is 6.56. The lowest BCUT2D eigenvalue weighted by molar-refractivity contribution is -0.144. The van der Waals surface area contributed by atoms with Crippen molar-refractivity contribution < 1.29 is 36.6 Å². The van der Waals surface area contributed by atoms with E-state index in [0.717, 1.165) is 12.8 Å². The van der Waals surface area contributed by atoms with Gasteiger partial charge in [0.1, 0.15) is 0 Å². The Morgan fingerprint density at radius 1 is 1.06 bits per heavy atom. The molecule has 2 saturated carbocycles. The number of nitrogens with one attached hydrogen (secondary N) is 2. The molecule has 2 atom stereocenters. The minimum absolute atomic E-state index is 0.0551. The zero-order chi connectivity index (χ0) is 25.4. The third-order valence-corrected chi connectivity index (χ3v) is 6.56. The lowest BCUT2D eigenvalue weighted by atomic mass is 9.81. The number of fused-ring (bicyclic) bond motifs is 1. The van der Waals surface area contributed by atoms with Crippen molar-refractivity contribution in [2.75, 3.05) is 0 Å². The van der Waals surface area contributed by atoms with Gasteiger partial charge in [0, 0.05) is 31.7 Å². The molecular weight excluding hydrogens is 477 g/mol. The summed E-state index contributed by atoms with van der Waals surface area (Å²) in [5, 5.41) is 14.3. The van der Waals surface area contributed by atoms with Crippen LogP contribution in [0.3, 0.4) is 0 Å². The molecule has 2 fully saturated rings. The molecule has 0 aromatic carbocycles. The van der Waals surface area contributed by atoms with Crippen LogP contribution in [0, 0.1) is 11.8 Å². The summed E-state index contributed by atoms with van der Waals surface area (Å²) in [5.74, 6) is -3.57. The van der Waals surface area contributed by atoms with Gasteiger partial charge in [-0.25, -0.2) is 23.5 Å². The van der Waals surface area contributed by atoms with Crippen LogP contribution in [0.5, 0.6) is 0 Å². The summed E-state index contributed by atoms with van der Waals surface area (Å²) in [5.41, 5.74) is 0.780. The SMILES string of the molecule is O=C(O)N[C@H](c1cn2ccc(C(NC(=O)CCC(F)(F)F)C3CC3)nc2n1)C1CCC(F)(F)CC1. The van der Waals surface area contributed by atoms with Crippen LogP contribution in [0.25, 0.3) is 5.78 Å². The lowest BCUT2D eigenvalue weighted by Gasteiger charge is -2.32. The second kappa shape index (κ2) is 9.57. The number of hydrogen-bond donors (Lipinski definition) is 3. The number of carboxylic acid groups (broad SMARTS) is 1. The zero-order valence-electron chi connectivity index (χ0n) is 18.7. The first-order valence-electron chi connectivity index (χ1n) is 11.5. The number of aromatic nitrogens is 3. The largest absolute Gasteiger partial charge is 0.465 e. The van der Waals surface area contributed by atoms with E-state index in [1.807, 2.05) is 0 Å². The summed E-state index contributed by atoms with van der Waals surface area (Å²) in [6.07, 6.45) is -3.20. The number of nitrogens with zero attached hydrogens (tertiary/aromatic N) is 3. The Hall–Kier alpha value is -2.99. The van der Waals surface area contributed by atoms with Crippen LogP contribution < -0.4 is 10.6 Å². The minimum atomic E-state index is -4.43. The van der Waals surface area contributed by atoms with Crippen LogP contribution in [0.1, 0.15) is 74.8 Å². The average molecular weight is 503 g/mol. The Bertz CT molecular complexity index is 1080. The van der Waals surface area contributed by atoms with Gasteiger partial charge in [-0.1, -0.05) is 0 Å². The summed E-state index contributed by atoms with van der Waals surface area (Å²) in [4.78, 5) is 32.4. The van der Waals surface area contributed by atoms with Crippen molar-refractivity contribution in [2.24, 2.45) is 11.8 Å². The quantitative estimate of drug-likeness (QED) is 0.450. The molecule has 13 heteroatoms. The van der Waals surface area contributed by atoms with Crippen LogP contribution >= 0.6 is 0 Å². The molecule has 2 heterocycles. The monoisotopic (exact) mass is 503 g/mol. The third kappa shape index (κ3) is 6.57. The predicted molar refractivity (Wildman–Crippen MR) is 113 cm³/mol. The van der Waals surface area contributed by atoms with Gasteiger partial charge < -0.3 is 15.7 Å². The molecule has 0 aliphatic heterocycles. The molecule has 4 rings (SSSR count). The van der Waals surface area contributed by atoms with Crippen molar-refractivity contribution >= 4 is 17.8 Å². The van der Waals surface area contributed by atoms with Crippen molar-refractivity contribution in [2.45, 2.75) is 75.5 Å². The molecule has 0 radical (unpaired) electrons. The molecule has 3 N–H and O–H groups in total. The van der Waals surface area contributed by atoms with Crippen molar-refractivity contribution in [1.82, 2.24) is 25.0 Å². The fourth-order valence-corrected chi connectivity index (χ4v) is 4.55. The number of rotatable bonds is 8. The Labute approximate surface area is 197 Å². The standard InChI is InChI=1S/C22H26F5N5O3/c23-21(24)7-3-13(4-8-21)18(31-20(34)35)15-11-32-10-6-14(28-19(32)29-15)17(12-1-2-12)30-16(33)5-9-22(25,26)27/h6,10-13,17-18,31H,1-5,7-9H2,(H,30,33)(H,34,35)/t17?,18-/m0/s1. The van der Waals surface area contributed by atoms with Crippen LogP contribution in [0.15, 0.2) is 18.5 Å². The Balaban J connectivity index is 1.54. The molecule has 192 valence electrons. The van der Waals surface area contributed by atoms with E-state index >= 15 is 0 Å². The van der Waals surface area contributed by atoms with E-state index in [1.54, 1.807) is 22.9 Å². The van der Waals surface area contributed by atoms with Gasteiger partial charge in [0.15, 0.2) is 0 Å². The van der Waals surface area contributed by atoms with E-state index < -0.39 is 49.0 Å². The van der Waals surface area contributed by atoms with Gasteiger partial charge in [0.2, 0.25) is 17.6 Å². The molecular formula is C22H26F5N5O3. The second-order valence-corrected chi connectivity index (χ2v) is 9.34. The molecule has 0 spiro atoms. The Morgan fingerprint density at radius 2 is 1.66 bits per heavy atom. The molecule has 2 aromatic rings. The normalized spacial score (nSPS) is 20.4. The summed E-state index contributed by atoms with van der Waals surface area (Å²) in [7, 11) is 0. The summed E-state index contributed by atoms with van der Waals surface area (Å²) in [6, 6.07) is 0.274. The number of amides is 2. The second-order valence-electron chi connectivity index (χ2n) is 9.34. The highest BCUT2D eigenvalue weighted by molar-refractivity contribution is 5.76. The first-order chi connectivity index (χ1) is 16.4. The van der Waals surface area contributed by atoms with Gasteiger partial charge in [-0.15, -0.1) is 0 Å². The molecule has 2 aliphatic rings. The zero-order valence-corrected chi connectivity index (χ0v) is 18.7. The van der Waals surface area contributed by atoms with Crippen LogP contribution in [0.4, 0.5) is 26.7 Å². The molecule has 0 bridgehead atoms. The summed E-state index contributed by atoms with van der Waals surface area (Å²) < 4.78 is 66.2. The predicted octanol–water partition coefficient (Wildman–Crippen LogP) is 4.77. The van der Waals surface area contributed by atoms with Crippen LogP contribution in [-0.4, -0.2) is 43.6 Å². The number of halogens is 5. The maximum absolute atomic E-state index is 13.6. The number of alkyl halides is 5. The van der Waals surface area contributed by atoms with E-state index in [0.29, 0.717) is 11.4 Å². The number of carbonyl (C=O) groups excluding carboxylic acids is 1. The highest BCUT2D eigenvalue weighted by Crippen LogP contribution is 2.42. The molecule has 0 saturated heterocycles. The Kier molecular flexibility index (Phi) is 6.87. The maximum atomic E-state index is 13.6. The summed E-state index contributed by atoms with van der Waals surface area (Å²) in [6.45, 7) is 0. The van der Waals surface area contributed by atoms with Crippen LogP contribution in [0.2, 0.25) is 0 Å². The molecule has 2 amide bonds. The van der Waals surface area contributed by atoms with Gasteiger partial charge in [-0.2, -0.15) is 13.2 Å². The molecule has 8 nitrogen and oxygen atoms in total. The van der Waals surface area contributed by atoms with Crippen molar-refractivity contribution in [3.05, 3.63) is 29.8 Å². The molecule has 35 heavy (non-hydrogen) atoms. The highest BCUT2D eigenvalue weighted by atomic mass is 19.4. The van der Waals surface area contributed by atoms with Crippen molar-refractivity contribution in [3.63, 3.8) is 0 Å². The first-order valence-corrected chi connectivity index (χ1v) is 11.5. The van der Waals surface area contributed by atoms with E-state index in [9.17, 15) is 36.6 Å². The fraction of sp³-hybridized carbons (Fsp3) is 0.636. The topological polar surface area (TPSA) is 109 Å². The van der Waals surface area contributed by atoms with E-state index in [4.69, 9.17) is 0 Å². The van der Waals surface area contributed by atoms with Crippen LogP contribution in [-0.2, 0) is 4.79 Å². The average Bonchev–Trinajstić information content (AvgIpc) is 3.52. The van der Waals surface area contributed by atoms with Gasteiger partial charge in [-0.3, -0.25) is 9.20 Å². The number of hydrogen-bond acceptors (Lipinski definition) is 4. The maximum Gasteiger partial charge on any atom is 0.405 e. The number of imidazole rings is 1. The highest BCUT2D eigenvalue weighted by Gasteiger charge is 2.40. The van der Waals surface area contributed by atoms with Gasteiger partial charge in [0.05, 0.1) is 29.9 Å². The van der Waals surface area contributed by atoms with Gasteiger partial charge in [-0.05, 0) is 43.6 Å². The number of carbonyl (C=O) groups is 2. The Morgan fingerprint density at radius 3 is 2.26 bits per heavy atom. The van der Waals surface area contributed by atoms with Crippen molar-refractivity contribution in [1.29, 1.82) is 0 Å². The van der Waals surface area contributed by atoms with E-state index in [2.05, 4.69) is 20.6 Å². The molecule has 1 unspecified atom stereocenters. The smallest absolute Gasteiger partial charge is 0.405 e. The molecule has 2 aromatic heterocycles. The van der Waals surface area contributed by atoms with Gasteiger partial charge in [0.25, 0.3) is 0 Å². The minimum Gasteiger partial charge on any atom is -0.465 e. The van der Waals surface area contributed by atoms with E-state index in [-0.39, 0.29) is 43.3 Å². The van der Waals surface area contributed by atoms with Gasteiger partial charge >= 0.3 is 12.3 Å². The fourth-order valence-electron chi connectivity index (χ4n) is 4.55.